The lowest BCUT2D eigenvalue weighted by Gasteiger charge is -2.02. The summed E-state index contributed by atoms with van der Waals surface area (Å²) in [5.41, 5.74) is 2.94. The van der Waals surface area contributed by atoms with Crippen LogP contribution < -0.4 is 0 Å². The van der Waals surface area contributed by atoms with Gasteiger partial charge in [0.1, 0.15) is 17.6 Å². The smallest absolute Gasteiger partial charge is 0.163 e. The molecular formula is C17H10ClFN4. The highest BCUT2D eigenvalue weighted by atomic mass is 35.5. The number of nitrogens with one attached hydrogen (secondary N) is 1. The normalized spacial score (nSPS) is 10.8. The van der Waals surface area contributed by atoms with E-state index in [1.54, 1.807) is 30.3 Å². The molecule has 0 amide bonds. The molecular weight excluding hydrogens is 315 g/mol. The SMILES string of the molecule is N#Cc1[nH]nnc1-c1cc(Cl)cc(/C=C/c2cccc(F)c2)c1. The molecule has 3 aromatic rings. The lowest BCUT2D eigenvalue weighted by Crippen LogP contribution is -1.85. The molecule has 3 rings (SSSR count). The number of H-pyrrole nitrogens is 1. The minimum Gasteiger partial charge on any atom is -0.247 e. The molecule has 0 saturated heterocycles. The zero-order valence-electron chi connectivity index (χ0n) is 11.8. The van der Waals surface area contributed by atoms with E-state index in [-0.39, 0.29) is 11.5 Å². The van der Waals surface area contributed by atoms with E-state index in [2.05, 4.69) is 15.4 Å². The molecule has 23 heavy (non-hydrogen) atoms. The number of aromatic nitrogens is 3. The summed E-state index contributed by atoms with van der Waals surface area (Å²) in [6.45, 7) is 0. The van der Waals surface area contributed by atoms with Gasteiger partial charge in [-0.1, -0.05) is 41.1 Å². The van der Waals surface area contributed by atoms with Crippen molar-refractivity contribution in [2.24, 2.45) is 0 Å². The van der Waals surface area contributed by atoms with Crippen molar-refractivity contribution in [3.8, 4) is 17.3 Å². The Labute approximate surface area is 136 Å². The van der Waals surface area contributed by atoms with Crippen LogP contribution in [0.1, 0.15) is 16.8 Å². The third-order valence-corrected chi connectivity index (χ3v) is 3.39. The van der Waals surface area contributed by atoms with Crippen molar-refractivity contribution in [3.63, 3.8) is 0 Å². The van der Waals surface area contributed by atoms with Crippen LogP contribution in [0.15, 0.2) is 42.5 Å². The van der Waals surface area contributed by atoms with Crippen LogP contribution in [0.4, 0.5) is 4.39 Å². The molecule has 1 heterocycles. The Hall–Kier alpha value is -2.97. The topological polar surface area (TPSA) is 65.4 Å². The number of nitrogens with zero attached hydrogens (tertiary/aromatic N) is 3. The number of rotatable bonds is 3. The third kappa shape index (κ3) is 3.44. The van der Waals surface area contributed by atoms with Crippen LogP contribution in [0.2, 0.25) is 5.02 Å². The predicted octanol–water partition coefficient (Wildman–Crippen LogP) is 4.31. The fraction of sp³-hybridized carbons (Fsp3) is 0. The van der Waals surface area contributed by atoms with Crippen molar-refractivity contribution in [2.75, 3.05) is 0 Å². The molecule has 0 atom stereocenters. The molecule has 4 nitrogen and oxygen atoms in total. The van der Waals surface area contributed by atoms with Crippen molar-refractivity contribution in [2.45, 2.75) is 0 Å². The van der Waals surface area contributed by atoms with Crippen molar-refractivity contribution in [1.29, 1.82) is 5.26 Å². The summed E-state index contributed by atoms with van der Waals surface area (Å²) in [6.07, 6.45) is 3.60. The molecule has 1 N–H and O–H groups in total. The van der Waals surface area contributed by atoms with E-state index in [0.717, 1.165) is 11.1 Å². The zero-order chi connectivity index (χ0) is 16.2. The number of halogens is 2. The van der Waals surface area contributed by atoms with Gasteiger partial charge in [0.2, 0.25) is 0 Å². The highest BCUT2D eigenvalue weighted by molar-refractivity contribution is 6.31. The first-order valence-corrected chi connectivity index (χ1v) is 7.09. The standard InChI is InChI=1S/C17H10ClFN4/c18-14-7-12(5-4-11-2-1-3-15(19)8-11)6-13(9-14)17-16(10-20)21-23-22-17/h1-9H,(H,21,22,23)/b5-4+. The second-order valence-electron chi connectivity index (χ2n) is 4.81. The second kappa shape index (κ2) is 6.42. The molecule has 1 aromatic heterocycles. The van der Waals surface area contributed by atoms with E-state index in [9.17, 15) is 4.39 Å². The molecule has 112 valence electrons. The molecule has 0 aliphatic carbocycles. The molecule has 0 aliphatic heterocycles. The van der Waals surface area contributed by atoms with Gasteiger partial charge in [0, 0.05) is 10.6 Å². The van der Waals surface area contributed by atoms with Crippen LogP contribution in [0, 0.1) is 17.1 Å². The fourth-order valence-electron chi connectivity index (χ4n) is 2.16. The number of benzene rings is 2. The summed E-state index contributed by atoms with van der Waals surface area (Å²) in [5.74, 6) is -0.291. The zero-order valence-corrected chi connectivity index (χ0v) is 12.5. The highest BCUT2D eigenvalue weighted by Crippen LogP contribution is 2.26. The van der Waals surface area contributed by atoms with Crippen LogP contribution in [0.5, 0.6) is 0 Å². The number of hydrogen-bond acceptors (Lipinski definition) is 3. The average Bonchev–Trinajstić information content (AvgIpc) is 3.01. The Balaban J connectivity index is 1.97. The van der Waals surface area contributed by atoms with Crippen molar-refractivity contribution in [1.82, 2.24) is 15.4 Å². The predicted molar refractivity (Wildman–Crippen MR) is 86.9 cm³/mol. The molecule has 0 spiro atoms. The Bertz CT molecular complexity index is 924. The maximum atomic E-state index is 13.2. The monoisotopic (exact) mass is 324 g/mol. The quantitative estimate of drug-likeness (QED) is 0.730. The summed E-state index contributed by atoms with van der Waals surface area (Å²) >= 11 is 6.13. The molecule has 0 radical (unpaired) electrons. The van der Waals surface area contributed by atoms with Gasteiger partial charge in [-0.2, -0.15) is 5.26 Å². The van der Waals surface area contributed by atoms with Crippen LogP contribution in [0.25, 0.3) is 23.4 Å². The maximum Gasteiger partial charge on any atom is 0.163 e. The van der Waals surface area contributed by atoms with Gasteiger partial charge in [-0.05, 0) is 41.5 Å². The molecule has 0 saturated carbocycles. The Morgan fingerprint density at radius 2 is 1.96 bits per heavy atom. The first-order valence-electron chi connectivity index (χ1n) is 6.71. The van der Waals surface area contributed by atoms with Crippen LogP contribution in [0.3, 0.4) is 0 Å². The summed E-state index contributed by atoms with van der Waals surface area (Å²) in [7, 11) is 0. The lowest BCUT2D eigenvalue weighted by atomic mass is 10.1. The van der Waals surface area contributed by atoms with E-state index in [1.165, 1.54) is 12.1 Å². The van der Waals surface area contributed by atoms with Gasteiger partial charge in [0.15, 0.2) is 5.69 Å². The van der Waals surface area contributed by atoms with E-state index >= 15 is 0 Å². The number of nitriles is 1. The summed E-state index contributed by atoms with van der Waals surface area (Å²) in [5, 5.41) is 19.6. The van der Waals surface area contributed by atoms with Crippen LogP contribution in [-0.2, 0) is 0 Å². The van der Waals surface area contributed by atoms with E-state index in [1.807, 2.05) is 18.2 Å². The summed E-state index contributed by atoms with van der Waals surface area (Å²) in [6, 6.07) is 13.6. The molecule has 2 aromatic carbocycles. The Morgan fingerprint density at radius 1 is 1.13 bits per heavy atom. The minimum absolute atomic E-state index is 0.271. The highest BCUT2D eigenvalue weighted by Gasteiger charge is 2.10. The fourth-order valence-corrected chi connectivity index (χ4v) is 2.40. The number of aromatic amines is 1. The van der Waals surface area contributed by atoms with Gasteiger partial charge < -0.3 is 0 Å². The Morgan fingerprint density at radius 3 is 2.74 bits per heavy atom. The van der Waals surface area contributed by atoms with Crippen LogP contribution >= 0.6 is 11.6 Å². The van der Waals surface area contributed by atoms with E-state index in [4.69, 9.17) is 16.9 Å². The van der Waals surface area contributed by atoms with Gasteiger partial charge in [-0.3, -0.25) is 0 Å². The first kappa shape index (κ1) is 14.9. The van der Waals surface area contributed by atoms with Gasteiger partial charge >= 0.3 is 0 Å². The van der Waals surface area contributed by atoms with Gasteiger partial charge in [0.05, 0.1) is 0 Å². The molecule has 0 fully saturated rings. The number of hydrogen-bond donors (Lipinski definition) is 1. The summed E-state index contributed by atoms with van der Waals surface area (Å²) < 4.78 is 13.2. The average molecular weight is 325 g/mol. The second-order valence-corrected chi connectivity index (χ2v) is 5.25. The summed E-state index contributed by atoms with van der Waals surface area (Å²) in [4.78, 5) is 0. The van der Waals surface area contributed by atoms with Gasteiger partial charge in [-0.25, -0.2) is 9.49 Å². The third-order valence-electron chi connectivity index (χ3n) is 3.17. The first-order chi connectivity index (χ1) is 11.2. The van der Waals surface area contributed by atoms with E-state index < -0.39 is 0 Å². The Kier molecular flexibility index (Phi) is 4.18. The lowest BCUT2D eigenvalue weighted by molar-refractivity contribution is 0.627. The van der Waals surface area contributed by atoms with Crippen molar-refractivity contribution >= 4 is 23.8 Å². The van der Waals surface area contributed by atoms with Gasteiger partial charge in [0.25, 0.3) is 0 Å². The largest absolute Gasteiger partial charge is 0.247 e. The molecule has 6 heteroatoms. The molecule has 0 aliphatic rings. The van der Waals surface area contributed by atoms with Crippen molar-refractivity contribution < 1.29 is 4.39 Å². The van der Waals surface area contributed by atoms with E-state index in [0.29, 0.717) is 16.3 Å². The van der Waals surface area contributed by atoms with Crippen molar-refractivity contribution in [3.05, 3.63) is 70.1 Å². The molecule has 0 unspecified atom stereocenters. The van der Waals surface area contributed by atoms with Crippen LogP contribution in [-0.4, -0.2) is 15.4 Å². The maximum absolute atomic E-state index is 13.2. The minimum atomic E-state index is -0.291. The van der Waals surface area contributed by atoms with Gasteiger partial charge in [-0.15, -0.1) is 5.10 Å². The molecule has 0 bridgehead atoms.